The standard InChI is InChI=1S/C20H30N4O/c1-14-10-19(22-15(2)21-14)23-8-6-16(7-9-23)11-20(25)24-12-17-4-3-5-18(17)13-24/h10,16-18H,3-9,11-13H2,1-2H3. The molecule has 2 atom stereocenters. The molecular formula is C20H30N4O. The van der Waals surface area contributed by atoms with Crippen LogP contribution in [0.1, 0.15) is 50.0 Å². The van der Waals surface area contributed by atoms with E-state index in [1.807, 2.05) is 13.8 Å². The van der Waals surface area contributed by atoms with Crippen molar-refractivity contribution in [1.82, 2.24) is 14.9 Å². The number of hydrogen-bond donors (Lipinski definition) is 0. The summed E-state index contributed by atoms with van der Waals surface area (Å²) < 4.78 is 0. The smallest absolute Gasteiger partial charge is 0.222 e. The van der Waals surface area contributed by atoms with Gasteiger partial charge in [0.25, 0.3) is 0 Å². The molecule has 1 amide bonds. The molecule has 1 aliphatic carbocycles. The molecule has 3 heterocycles. The molecule has 2 aliphatic heterocycles. The second kappa shape index (κ2) is 6.93. The largest absolute Gasteiger partial charge is 0.356 e. The van der Waals surface area contributed by atoms with Crippen LogP contribution in [-0.2, 0) is 4.79 Å². The number of aromatic nitrogens is 2. The van der Waals surface area contributed by atoms with E-state index in [2.05, 4.69) is 25.8 Å². The topological polar surface area (TPSA) is 49.3 Å². The Morgan fingerprint density at radius 3 is 2.40 bits per heavy atom. The summed E-state index contributed by atoms with van der Waals surface area (Å²) in [5, 5.41) is 0. The Labute approximate surface area is 150 Å². The van der Waals surface area contributed by atoms with E-state index in [-0.39, 0.29) is 0 Å². The van der Waals surface area contributed by atoms with Crippen molar-refractivity contribution >= 4 is 11.7 Å². The highest BCUT2D eigenvalue weighted by atomic mass is 16.2. The number of rotatable bonds is 3. The Balaban J connectivity index is 1.28. The lowest BCUT2D eigenvalue weighted by Crippen LogP contribution is -2.37. The molecule has 0 bridgehead atoms. The number of fused-ring (bicyclic) bond motifs is 1. The second-order valence-corrected chi connectivity index (χ2v) is 8.30. The van der Waals surface area contributed by atoms with Crippen molar-refractivity contribution in [1.29, 1.82) is 0 Å². The van der Waals surface area contributed by atoms with Gasteiger partial charge in [0, 0.05) is 44.4 Å². The number of likely N-dealkylation sites (tertiary alicyclic amines) is 1. The van der Waals surface area contributed by atoms with Crippen LogP contribution in [-0.4, -0.2) is 47.0 Å². The van der Waals surface area contributed by atoms with E-state index in [4.69, 9.17) is 0 Å². The van der Waals surface area contributed by atoms with Crippen LogP contribution in [0.4, 0.5) is 5.82 Å². The molecule has 3 fully saturated rings. The molecular weight excluding hydrogens is 312 g/mol. The summed E-state index contributed by atoms with van der Waals surface area (Å²) in [6.45, 7) is 8.03. The molecule has 1 saturated carbocycles. The van der Waals surface area contributed by atoms with Crippen molar-refractivity contribution < 1.29 is 4.79 Å². The molecule has 5 nitrogen and oxygen atoms in total. The minimum atomic E-state index is 0.404. The Kier molecular flexibility index (Phi) is 4.65. The number of anilines is 1. The third kappa shape index (κ3) is 3.65. The van der Waals surface area contributed by atoms with Gasteiger partial charge in [-0.2, -0.15) is 0 Å². The molecule has 2 unspecified atom stereocenters. The quantitative estimate of drug-likeness (QED) is 0.847. The Morgan fingerprint density at radius 1 is 1.08 bits per heavy atom. The number of piperidine rings is 1. The van der Waals surface area contributed by atoms with E-state index in [9.17, 15) is 4.79 Å². The molecule has 3 aliphatic rings. The molecule has 1 aromatic rings. The molecule has 136 valence electrons. The fourth-order valence-electron chi connectivity index (χ4n) is 5.04. The first kappa shape index (κ1) is 16.8. The monoisotopic (exact) mass is 342 g/mol. The zero-order chi connectivity index (χ0) is 17.4. The number of amides is 1. The van der Waals surface area contributed by atoms with Crippen molar-refractivity contribution in [2.75, 3.05) is 31.1 Å². The highest BCUT2D eigenvalue weighted by molar-refractivity contribution is 5.76. The summed E-state index contributed by atoms with van der Waals surface area (Å²) in [6.07, 6.45) is 6.98. The van der Waals surface area contributed by atoms with Crippen LogP contribution >= 0.6 is 0 Å². The minimum Gasteiger partial charge on any atom is -0.356 e. The predicted molar refractivity (Wildman–Crippen MR) is 98.5 cm³/mol. The Morgan fingerprint density at radius 2 is 1.76 bits per heavy atom. The van der Waals surface area contributed by atoms with Crippen LogP contribution in [0.5, 0.6) is 0 Å². The summed E-state index contributed by atoms with van der Waals surface area (Å²) in [5.74, 6) is 4.42. The maximum absolute atomic E-state index is 12.7. The van der Waals surface area contributed by atoms with E-state index in [0.29, 0.717) is 11.8 Å². The van der Waals surface area contributed by atoms with E-state index in [0.717, 1.165) is 74.6 Å². The molecule has 1 aromatic heterocycles. The summed E-state index contributed by atoms with van der Waals surface area (Å²) in [7, 11) is 0. The summed E-state index contributed by atoms with van der Waals surface area (Å²) in [4.78, 5) is 26.1. The van der Waals surface area contributed by atoms with Crippen molar-refractivity contribution in [3.8, 4) is 0 Å². The summed E-state index contributed by atoms with van der Waals surface area (Å²) in [6, 6.07) is 2.07. The fourth-order valence-corrected chi connectivity index (χ4v) is 5.04. The number of nitrogens with zero attached hydrogens (tertiary/aromatic N) is 4. The van der Waals surface area contributed by atoms with Crippen LogP contribution in [0.3, 0.4) is 0 Å². The van der Waals surface area contributed by atoms with Gasteiger partial charge in [-0.3, -0.25) is 4.79 Å². The average Bonchev–Trinajstić information content (AvgIpc) is 3.16. The first-order valence-corrected chi connectivity index (χ1v) is 9.93. The average molecular weight is 342 g/mol. The molecule has 2 saturated heterocycles. The maximum Gasteiger partial charge on any atom is 0.222 e. The molecule has 0 radical (unpaired) electrons. The number of aryl methyl sites for hydroxylation is 2. The highest BCUT2D eigenvalue weighted by Gasteiger charge is 2.38. The second-order valence-electron chi connectivity index (χ2n) is 8.30. The molecule has 0 aromatic carbocycles. The van der Waals surface area contributed by atoms with Gasteiger partial charge in [0.2, 0.25) is 5.91 Å². The van der Waals surface area contributed by atoms with Gasteiger partial charge in [0.15, 0.2) is 0 Å². The zero-order valence-corrected chi connectivity index (χ0v) is 15.6. The lowest BCUT2D eigenvalue weighted by atomic mass is 9.93. The minimum absolute atomic E-state index is 0.404. The number of carbonyl (C=O) groups excluding carboxylic acids is 1. The summed E-state index contributed by atoms with van der Waals surface area (Å²) >= 11 is 0. The molecule has 0 spiro atoms. The van der Waals surface area contributed by atoms with Gasteiger partial charge < -0.3 is 9.80 Å². The highest BCUT2D eigenvalue weighted by Crippen LogP contribution is 2.38. The van der Waals surface area contributed by atoms with Gasteiger partial charge >= 0.3 is 0 Å². The SMILES string of the molecule is Cc1cc(N2CCC(CC(=O)N3CC4CCCC4C3)CC2)nc(C)n1. The maximum atomic E-state index is 12.7. The van der Waals surface area contributed by atoms with Gasteiger partial charge in [0.05, 0.1) is 0 Å². The molecule has 4 rings (SSSR count). The van der Waals surface area contributed by atoms with Crippen LogP contribution < -0.4 is 4.90 Å². The Hall–Kier alpha value is -1.65. The lowest BCUT2D eigenvalue weighted by Gasteiger charge is -2.33. The van der Waals surface area contributed by atoms with Crippen LogP contribution in [0, 0.1) is 31.6 Å². The van der Waals surface area contributed by atoms with E-state index < -0.39 is 0 Å². The number of carbonyl (C=O) groups is 1. The van der Waals surface area contributed by atoms with Crippen LogP contribution in [0.25, 0.3) is 0 Å². The lowest BCUT2D eigenvalue weighted by molar-refractivity contribution is -0.131. The van der Waals surface area contributed by atoms with Gasteiger partial charge in [-0.1, -0.05) is 6.42 Å². The summed E-state index contributed by atoms with van der Waals surface area (Å²) in [5.41, 5.74) is 1.03. The Bertz CT molecular complexity index is 606. The van der Waals surface area contributed by atoms with Crippen LogP contribution in [0.15, 0.2) is 6.07 Å². The predicted octanol–water partition coefficient (Wildman–Crippen LogP) is 2.96. The first-order chi connectivity index (χ1) is 12.1. The van der Waals surface area contributed by atoms with Gasteiger partial charge in [-0.05, 0) is 57.3 Å². The first-order valence-electron chi connectivity index (χ1n) is 9.93. The van der Waals surface area contributed by atoms with Crippen molar-refractivity contribution in [2.24, 2.45) is 17.8 Å². The van der Waals surface area contributed by atoms with Crippen molar-refractivity contribution in [3.05, 3.63) is 17.6 Å². The van der Waals surface area contributed by atoms with Gasteiger partial charge in [-0.25, -0.2) is 9.97 Å². The number of hydrogen-bond acceptors (Lipinski definition) is 4. The van der Waals surface area contributed by atoms with Gasteiger partial charge in [-0.15, -0.1) is 0 Å². The van der Waals surface area contributed by atoms with E-state index in [1.165, 1.54) is 19.3 Å². The van der Waals surface area contributed by atoms with Crippen molar-refractivity contribution in [3.63, 3.8) is 0 Å². The van der Waals surface area contributed by atoms with Crippen LogP contribution in [0.2, 0.25) is 0 Å². The van der Waals surface area contributed by atoms with E-state index in [1.54, 1.807) is 0 Å². The van der Waals surface area contributed by atoms with E-state index >= 15 is 0 Å². The van der Waals surface area contributed by atoms with Gasteiger partial charge in [0.1, 0.15) is 11.6 Å². The fraction of sp³-hybridized carbons (Fsp3) is 0.750. The third-order valence-corrected chi connectivity index (χ3v) is 6.43. The molecule has 5 heteroatoms. The molecule has 0 N–H and O–H groups in total. The molecule has 25 heavy (non-hydrogen) atoms. The normalized spacial score (nSPS) is 27.0. The zero-order valence-electron chi connectivity index (χ0n) is 15.6. The van der Waals surface area contributed by atoms with Crippen molar-refractivity contribution in [2.45, 2.75) is 52.4 Å². The third-order valence-electron chi connectivity index (χ3n) is 6.43.